The minimum Gasteiger partial charge on any atom is -0.356 e. The zero-order valence-electron chi connectivity index (χ0n) is 17.0. The van der Waals surface area contributed by atoms with Gasteiger partial charge in [0.1, 0.15) is 0 Å². The Balaban J connectivity index is 1.39. The van der Waals surface area contributed by atoms with Crippen LogP contribution in [-0.4, -0.2) is 31.6 Å². The number of H-pyrrole nitrogens is 1. The van der Waals surface area contributed by atoms with Crippen molar-refractivity contribution < 1.29 is 13.2 Å². The molecule has 8 heteroatoms. The second kappa shape index (κ2) is 7.88. The summed E-state index contributed by atoms with van der Waals surface area (Å²) in [5.41, 5.74) is 4.27. The number of carbonyl (C=O) groups excluding carboxylic acids is 1. The molecule has 3 aromatic rings. The van der Waals surface area contributed by atoms with Crippen molar-refractivity contribution in [2.75, 3.05) is 16.6 Å². The van der Waals surface area contributed by atoms with Gasteiger partial charge >= 0.3 is 0 Å². The molecule has 1 amide bonds. The van der Waals surface area contributed by atoms with Crippen molar-refractivity contribution in [3.05, 3.63) is 64.3 Å². The van der Waals surface area contributed by atoms with Gasteiger partial charge in [-0.05, 0) is 61.9 Å². The van der Waals surface area contributed by atoms with Gasteiger partial charge in [0.25, 0.3) is 5.91 Å². The number of halogens is 1. The zero-order valence-corrected chi connectivity index (χ0v) is 18.6. The summed E-state index contributed by atoms with van der Waals surface area (Å²) < 4.78 is 26.1. The highest BCUT2D eigenvalue weighted by Gasteiger charge is 2.28. The number of carbonyl (C=O) groups is 1. The lowest BCUT2D eigenvalue weighted by Gasteiger charge is -2.28. The molecule has 1 aromatic heterocycles. The molecule has 0 radical (unpaired) electrons. The number of benzene rings is 2. The molecule has 2 N–H and O–H groups in total. The predicted octanol–water partition coefficient (Wildman–Crippen LogP) is 4.56. The first-order chi connectivity index (χ1) is 14.9. The fourth-order valence-corrected chi connectivity index (χ4v) is 6.61. The van der Waals surface area contributed by atoms with E-state index in [2.05, 4.69) is 22.4 Å². The molecular weight excluding hydrogens is 434 g/mol. The highest BCUT2D eigenvalue weighted by atomic mass is 35.5. The van der Waals surface area contributed by atoms with Gasteiger partial charge in [-0.2, -0.15) is 0 Å². The first-order valence-electron chi connectivity index (χ1n) is 10.6. The molecule has 1 aliphatic carbocycles. The first-order valence-corrected chi connectivity index (χ1v) is 12.6. The summed E-state index contributed by atoms with van der Waals surface area (Å²) >= 11 is 6.43. The number of rotatable bonds is 3. The Morgan fingerprint density at radius 1 is 1.13 bits per heavy atom. The van der Waals surface area contributed by atoms with Crippen LogP contribution < -0.4 is 9.62 Å². The van der Waals surface area contributed by atoms with Gasteiger partial charge in [0, 0.05) is 23.1 Å². The molecular formula is C23H24ClN3O3S. The van der Waals surface area contributed by atoms with E-state index in [1.54, 1.807) is 18.2 Å². The van der Waals surface area contributed by atoms with E-state index >= 15 is 0 Å². The monoisotopic (exact) mass is 457 g/mol. The molecule has 5 rings (SSSR count). The highest BCUT2D eigenvalue weighted by molar-refractivity contribution is 7.92. The second-order valence-corrected chi connectivity index (χ2v) is 10.7. The van der Waals surface area contributed by atoms with Crippen LogP contribution in [0.2, 0.25) is 5.02 Å². The smallest absolute Gasteiger partial charge is 0.253 e. The molecule has 2 aromatic carbocycles. The van der Waals surface area contributed by atoms with Crippen molar-refractivity contribution in [3.8, 4) is 0 Å². The number of aromatic amines is 1. The average Bonchev–Trinajstić information content (AvgIpc) is 3.13. The van der Waals surface area contributed by atoms with E-state index < -0.39 is 10.0 Å². The normalized spacial score (nSPS) is 20.4. The van der Waals surface area contributed by atoms with Crippen molar-refractivity contribution in [2.45, 2.75) is 38.1 Å². The first kappa shape index (κ1) is 20.4. The molecule has 2 heterocycles. The van der Waals surface area contributed by atoms with Gasteiger partial charge in [0.05, 0.1) is 28.1 Å². The summed E-state index contributed by atoms with van der Waals surface area (Å²) in [4.78, 5) is 16.5. The van der Waals surface area contributed by atoms with Gasteiger partial charge in [-0.15, -0.1) is 0 Å². The van der Waals surface area contributed by atoms with E-state index in [9.17, 15) is 13.2 Å². The number of hydrogen-bond acceptors (Lipinski definition) is 3. The largest absolute Gasteiger partial charge is 0.356 e. The SMILES string of the molecule is O=C(N[C@H]1CCCc2c1[nH]c1ccccc21)c1ccc(N2CCCCS2(=O)=O)cc1Cl. The van der Waals surface area contributed by atoms with Crippen LogP contribution in [0.4, 0.5) is 5.69 Å². The molecule has 0 spiro atoms. The van der Waals surface area contributed by atoms with Gasteiger partial charge in [-0.25, -0.2) is 8.42 Å². The maximum atomic E-state index is 13.0. The molecule has 1 aliphatic heterocycles. The quantitative estimate of drug-likeness (QED) is 0.604. The summed E-state index contributed by atoms with van der Waals surface area (Å²) in [6, 6.07) is 12.9. The third-order valence-electron chi connectivity index (χ3n) is 6.25. The van der Waals surface area contributed by atoms with E-state index in [1.807, 2.05) is 12.1 Å². The van der Waals surface area contributed by atoms with Crippen molar-refractivity contribution in [1.29, 1.82) is 0 Å². The molecule has 0 saturated carbocycles. The van der Waals surface area contributed by atoms with Crippen molar-refractivity contribution >= 4 is 44.1 Å². The Kier molecular flexibility index (Phi) is 5.18. The molecule has 0 bridgehead atoms. The number of nitrogens with zero attached hydrogens (tertiary/aromatic N) is 1. The number of fused-ring (bicyclic) bond motifs is 3. The van der Waals surface area contributed by atoms with E-state index in [4.69, 9.17) is 11.6 Å². The number of anilines is 1. The molecule has 0 unspecified atom stereocenters. The standard InChI is InChI=1S/C23H24ClN3O3S/c24-19-14-15(27-12-3-4-13-31(27,29)30)10-11-18(19)23(28)26-21-9-5-7-17-16-6-1-2-8-20(16)25-22(17)21/h1-2,6,8,10-11,14,21,25H,3-5,7,9,12-13H2,(H,26,28)/t21-/m0/s1. The number of aryl methyl sites for hydroxylation is 1. The maximum Gasteiger partial charge on any atom is 0.253 e. The van der Waals surface area contributed by atoms with Crippen molar-refractivity contribution in [1.82, 2.24) is 10.3 Å². The van der Waals surface area contributed by atoms with E-state index in [0.717, 1.165) is 36.9 Å². The van der Waals surface area contributed by atoms with Gasteiger partial charge in [0.15, 0.2) is 0 Å². The van der Waals surface area contributed by atoms with Crippen LogP contribution in [-0.2, 0) is 16.4 Å². The average molecular weight is 458 g/mol. The lowest BCUT2D eigenvalue weighted by atomic mass is 9.91. The zero-order chi connectivity index (χ0) is 21.6. The molecule has 1 saturated heterocycles. The Morgan fingerprint density at radius 2 is 1.97 bits per heavy atom. The van der Waals surface area contributed by atoms with Crippen LogP contribution in [0.15, 0.2) is 42.5 Å². The van der Waals surface area contributed by atoms with E-state index in [1.165, 1.54) is 15.3 Å². The van der Waals surface area contributed by atoms with E-state index in [-0.39, 0.29) is 22.7 Å². The fraction of sp³-hybridized carbons (Fsp3) is 0.348. The van der Waals surface area contributed by atoms with Gasteiger partial charge in [-0.1, -0.05) is 29.8 Å². The second-order valence-electron chi connectivity index (χ2n) is 8.24. The van der Waals surface area contributed by atoms with Crippen LogP contribution in [0.3, 0.4) is 0 Å². The number of nitrogens with one attached hydrogen (secondary N) is 2. The summed E-state index contributed by atoms with van der Waals surface area (Å²) in [5.74, 6) is -0.115. The molecule has 2 aliphatic rings. The minimum atomic E-state index is -3.33. The Bertz CT molecular complexity index is 1270. The van der Waals surface area contributed by atoms with Crippen molar-refractivity contribution in [2.24, 2.45) is 0 Å². The van der Waals surface area contributed by atoms with Crippen molar-refractivity contribution in [3.63, 3.8) is 0 Å². The molecule has 31 heavy (non-hydrogen) atoms. The van der Waals surface area contributed by atoms with Crippen LogP contribution >= 0.6 is 11.6 Å². The summed E-state index contributed by atoms with van der Waals surface area (Å²) in [7, 11) is -3.33. The number of hydrogen-bond donors (Lipinski definition) is 2. The fourth-order valence-electron chi connectivity index (χ4n) is 4.72. The Hall–Kier alpha value is -2.51. The predicted molar refractivity (Wildman–Crippen MR) is 123 cm³/mol. The van der Waals surface area contributed by atoms with Gasteiger partial charge in [-0.3, -0.25) is 9.10 Å². The van der Waals surface area contributed by atoms with Crippen LogP contribution in [0, 0.1) is 0 Å². The number of aromatic nitrogens is 1. The topological polar surface area (TPSA) is 82.3 Å². The summed E-state index contributed by atoms with van der Waals surface area (Å²) in [6.07, 6.45) is 4.33. The summed E-state index contributed by atoms with van der Waals surface area (Å²) in [5, 5.41) is 4.58. The Labute approximate surface area is 186 Å². The lowest BCUT2D eigenvalue weighted by Crippen LogP contribution is -2.38. The molecule has 1 fully saturated rings. The van der Waals surface area contributed by atoms with Crippen LogP contribution in [0.25, 0.3) is 10.9 Å². The molecule has 1 atom stereocenters. The van der Waals surface area contributed by atoms with Gasteiger partial charge < -0.3 is 10.3 Å². The third-order valence-corrected chi connectivity index (χ3v) is 8.44. The molecule has 6 nitrogen and oxygen atoms in total. The number of sulfonamides is 1. The Morgan fingerprint density at radius 3 is 2.77 bits per heavy atom. The highest BCUT2D eigenvalue weighted by Crippen LogP contribution is 2.35. The minimum absolute atomic E-state index is 0.109. The third kappa shape index (κ3) is 3.70. The number of para-hydroxylation sites is 1. The van der Waals surface area contributed by atoms with E-state index in [0.29, 0.717) is 24.2 Å². The lowest BCUT2D eigenvalue weighted by molar-refractivity contribution is 0.0932. The molecule has 162 valence electrons. The van der Waals surface area contributed by atoms with Crippen LogP contribution in [0.5, 0.6) is 0 Å². The number of amides is 1. The van der Waals surface area contributed by atoms with Crippen LogP contribution in [0.1, 0.15) is 53.3 Å². The maximum absolute atomic E-state index is 13.0. The summed E-state index contributed by atoms with van der Waals surface area (Å²) in [6.45, 7) is 0.440. The van der Waals surface area contributed by atoms with Gasteiger partial charge in [0.2, 0.25) is 10.0 Å².